The van der Waals surface area contributed by atoms with E-state index in [1.54, 1.807) is 0 Å². The number of nitrogens with one attached hydrogen (secondary N) is 2. The lowest BCUT2D eigenvalue weighted by molar-refractivity contribution is 0.0945. The molecule has 0 saturated carbocycles. The molecule has 6 nitrogen and oxygen atoms in total. The Morgan fingerprint density at radius 3 is 3.08 bits per heavy atom. The number of fused-ring (bicyclic) bond motifs is 1. The first kappa shape index (κ1) is 17.2. The largest absolute Gasteiger partial charge is 0.349 e. The Morgan fingerprint density at radius 2 is 2.23 bits per heavy atom. The maximum Gasteiger partial charge on any atom is 0.271 e. The Kier molecular flexibility index (Phi) is 5.04. The number of hydrogen-bond acceptors (Lipinski definition) is 4. The summed E-state index contributed by atoms with van der Waals surface area (Å²) in [5, 5.41) is 6.30. The first-order valence-electron chi connectivity index (χ1n) is 9.53. The molecule has 138 valence electrons. The van der Waals surface area contributed by atoms with Crippen molar-refractivity contribution in [2.45, 2.75) is 32.4 Å². The van der Waals surface area contributed by atoms with E-state index < -0.39 is 0 Å². The zero-order chi connectivity index (χ0) is 17.9. The Balaban J connectivity index is 1.26. The number of carbonyl (C=O) groups is 1. The van der Waals surface area contributed by atoms with Gasteiger partial charge in [0.2, 0.25) is 0 Å². The Labute approximate surface area is 154 Å². The molecule has 1 fully saturated rings. The third-order valence-electron chi connectivity index (χ3n) is 5.52. The first-order chi connectivity index (χ1) is 12.7. The predicted octanol–water partition coefficient (Wildman–Crippen LogP) is 1.51. The smallest absolute Gasteiger partial charge is 0.271 e. The molecule has 1 amide bonds. The molecule has 2 N–H and O–H groups in total. The van der Waals surface area contributed by atoms with Crippen molar-refractivity contribution in [2.75, 3.05) is 32.7 Å². The minimum Gasteiger partial charge on any atom is -0.349 e. The molecule has 1 unspecified atom stereocenters. The van der Waals surface area contributed by atoms with Crippen LogP contribution in [0.5, 0.6) is 0 Å². The van der Waals surface area contributed by atoms with E-state index in [0.29, 0.717) is 18.2 Å². The molecular weight excluding hydrogens is 326 g/mol. The molecule has 26 heavy (non-hydrogen) atoms. The van der Waals surface area contributed by atoms with Crippen LogP contribution in [0.1, 0.15) is 39.8 Å². The molecule has 0 aliphatic carbocycles. The van der Waals surface area contributed by atoms with E-state index in [1.165, 1.54) is 17.5 Å². The summed E-state index contributed by atoms with van der Waals surface area (Å²) in [5.41, 5.74) is 3.38. The summed E-state index contributed by atoms with van der Waals surface area (Å²) >= 11 is 0. The highest BCUT2D eigenvalue weighted by molar-refractivity contribution is 5.92. The van der Waals surface area contributed by atoms with Crippen LogP contribution in [0.2, 0.25) is 0 Å². The van der Waals surface area contributed by atoms with E-state index in [4.69, 9.17) is 0 Å². The molecule has 0 bridgehead atoms. The summed E-state index contributed by atoms with van der Waals surface area (Å²) in [6.45, 7) is 8.47. The van der Waals surface area contributed by atoms with E-state index in [0.717, 1.165) is 45.1 Å². The second-order valence-electron chi connectivity index (χ2n) is 7.31. The number of imidazole rings is 1. The van der Waals surface area contributed by atoms with Crippen molar-refractivity contribution >= 4 is 5.91 Å². The molecule has 1 atom stereocenters. The van der Waals surface area contributed by atoms with Gasteiger partial charge in [-0.15, -0.1) is 0 Å². The SMILES string of the molecule is Cc1ccccc1C1CCN(CCNC(=O)c2cn3c(n2)CNCC3)C1. The fraction of sp³-hybridized carbons (Fsp3) is 0.500. The van der Waals surface area contributed by atoms with Crippen LogP contribution in [0.15, 0.2) is 30.5 Å². The molecule has 0 spiro atoms. The Hall–Kier alpha value is -2.18. The van der Waals surface area contributed by atoms with Gasteiger partial charge in [0.1, 0.15) is 11.5 Å². The minimum atomic E-state index is -0.0680. The first-order valence-corrected chi connectivity index (χ1v) is 9.53. The molecular formula is C20H27N5O. The number of hydrogen-bond donors (Lipinski definition) is 2. The monoisotopic (exact) mass is 353 g/mol. The van der Waals surface area contributed by atoms with Crippen molar-refractivity contribution in [2.24, 2.45) is 0 Å². The fourth-order valence-electron chi connectivity index (χ4n) is 4.05. The molecule has 3 heterocycles. The topological polar surface area (TPSA) is 62.2 Å². The summed E-state index contributed by atoms with van der Waals surface area (Å²) in [6, 6.07) is 8.68. The molecule has 1 aromatic heterocycles. The van der Waals surface area contributed by atoms with Gasteiger partial charge in [-0.2, -0.15) is 0 Å². The standard InChI is InChI=1S/C20H27N5O/c1-15-4-2-3-5-17(15)16-6-9-24(13-16)10-8-22-20(26)18-14-25-11-7-21-12-19(25)23-18/h2-5,14,16,21H,6-13H2,1H3,(H,22,26). The van der Waals surface area contributed by atoms with Gasteiger partial charge in [-0.3, -0.25) is 4.79 Å². The lowest BCUT2D eigenvalue weighted by Crippen LogP contribution is -2.34. The van der Waals surface area contributed by atoms with Gasteiger partial charge in [0.05, 0.1) is 6.54 Å². The number of aryl methyl sites for hydroxylation is 1. The van der Waals surface area contributed by atoms with Gasteiger partial charge >= 0.3 is 0 Å². The normalized spacial score (nSPS) is 20.1. The van der Waals surface area contributed by atoms with Gasteiger partial charge < -0.3 is 20.1 Å². The van der Waals surface area contributed by atoms with Crippen LogP contribution in [-0.4, -0.2) is 53.1 Å². The van der Waals surface area contributed by atoms with Crippen LogP contribution >= 0.6 is 0 Å². The number of carbonyl (C=O) groups excluding carboxylic acids is 1. The molecule has 2 aliphatic rings. The Morgan fingerprint density at radius 1 is 1.35 bits per heavy atom. The van der Waals surface area contributed by atoms with Crippen molar-refractivity contribution < 1.29 is 4.79 Å². The van der Waals surface area contributed by atoms with Crippen molar-refractivity contribution in [3.63, 3.8) is 0 Å². The van der Waals surface area contributed by atoms with Crippen LogP contribution in [0.4, 0.5) is 0 Å². The van der Waals surface area contributed by atoms with E-state index >= 15 is 0 Å². The quantitative estimate of drug-likeness (QED) is 0.855. The molecule has 0 radical (unpaired) electrons. The molecule has 2 aromatic rings. The lowest BCUT2D eigenvalue weighted by Gasteiger charge is -2.17. The fourth-order valence-corrected chi connectivity index (χ4v) is 4.05. The third-order valence-corrected chi connectivity index (χ3v) is 5.52. The van der Waals surface area contributed by atoms with E-state index in [1.807, 2.05) is 6.20 Å². The van der Waals surface area contributed by atoms with Gasteiger partial charge in [0.15, 0.2) is 0 Å². The molecule has 4 rings (SSSR count). The zero-order valence-electron chi connectivity index (χ0n) is 15.4. The second-order valence-corrected chi connectivity index (χ2v) is 7.31. The van der Waals surface area contributed by atoms with Crippen molar-refractivity contribution in [1.29, 1.82) is 0 Å². The minimum absolute atomic E-state index is 0.0680. The molecule has 6 heteroatoms. The van der Waals surface area contributed by atoms with E-state index in [2.05, 4.69) is 56.3 Å². The van der Waals surface area contributed by atoms with Gasteiger partial charge in [-0.05, 0) is 36.9 Å². The van der Waals surface area contributed by atoms with Crippen LogP contribution < -0.4 is 10.6 Å². The summed E-state index contributed by atoms with van der Waals surface area (Å²) in [6.07, 6.45) is 3.06. The zero-order valence-corrected chi connectivity index (χ0v) is 15.4. The predicted molar refractivity (Wildman–Crippen MR) is 101 cm³/mol. The van der Waals surface area contributed by atoms with Crippen molar-refractivity contribution in [3.8, 4) is 0 Å². The van der Waals surface area contributed by atoms with Crippen LogP contribution in [0.3, 0.4) is 0 Å². The number of benzene rings is 1. The highest BCUT2D eigenvalue weighted by Crippen LogP contribution is 2.28. The molecule has 1 aromatic carbocycles. The molecule has 1 saturated heterocycles. The average Bonchev–Trinajstić information content (AvgIpc) is 3.29. The summed E-state index contributed by atoms with van der Waals surface area (Å²) in [4.78, 5) is 19.2. The van der Waals surface area contributed by atoms with Gasteiger partial charge in [-0.25, -0.2) is 4.98 Å². The number of rotatable bonds is 5. The van der Waals surface area contributed by atoms with Crippen molar-refractivity contribution in [1.82, 2.24) is 25.1 Å². The third kappa shape index (κ3) is 3.66. The van der Waals surface area contributed by atoms with E-state index in [-0.39, 0.29) is 5.91 Å². The average molecular weight is 353 g/mol. The van der Waals surface area contributed by atoms with Crippen LogP contribution in [-0.2, 0) is 13.1 Å². The summed E-state index contributed by atoms with van der Waals surface area (Å²) in [7, 11) is 0. The van der Waals surface area contributed by atoms with Crippen LogP contribution in [0, 0.1) is 6.92 Å². The highest BCUT2D eigenvalue weighted by atomic mass is 16.1. The number of amides is 1. The van der Waals surface area contributed by atoms with Gasteiger partial charge in [0, 0.05) is 38.9 Å². The lowest BCUT2D eigenvalue weighted by atomic mass is 9.94. The number of likely N-dealkylation sites (tertiary alicyclic amines) is 1. The highest BCUT2D eigenvalue weighted by Gasteiger charge is 2.24. The summed E-state index contributed by atoms with van der Waals surface area (Å²) in [5.74, 6) is 1.49. The van der Waals surface area contributed by atoms with E-state index in [9.17, 15) is 4.79 Å². The summed E-state index contributed by atoms with van der Waals surface area (Å²) < 4.78 is 2.07. The maximum absolute atomic E-state index is 12.3. The maximum atomic E-state index is 12.3. The van der Waals surface area contributed by atoms with Crippen molar-refractivity contribution in [3.05, 3.63) is 53.1 Å². The van der Waals surface area contributed by atoms with Gasteiger partial charge in [-0.1, -0.05) is 24.3 Å². The van der Waals surface area contributed by atoms with Crippen LogP contribution in [0.25, 0.3) is 0 Å². The number of aromatic nitrogens is 2. The number of nitrogens with zero attached hydrogens (tertiary/aromatic N) is 3. The Bertz CT molecular complexity index is 761. The van der Waals surface area contributed by atoms with Gasteiger partial charge in [0.25, 0.3) is 5.91 Å². The second kappa shape index (κ2) is 7.60. The molecule has 2 aliphatic heterocycles.